The molecule has 26 heavy (non-hydrogen) atoms. The van der Waals surface area contributed by atoms with Crippen molar-refractivity contribution < 1.29 is 9.53 Å². The van der Waals surface area contributed by atoms with Crippen LogP contribution in [0.1, 0.15) is 24.7 Å². The van der Waals surface area contributed by atoms with E-state index in [1.807, 2.05) is 60.4 Å². The fraction of sp³-hybridized carbons (Fsp3) is 0.444. The van der Waals surface area contributed by atoms with Crippen molar-refractivity contribution in [2.75, 3.05) is 6.61 Å². The van der Waals surface area contributed by atoms with Gasteiger partial charge in [0.1, 0.15) is 0 Å². The zero-order valence-corrected chi connectivity index (χ0v) is 15.9. The molecular weight excluding hydrogens is 332 g/mol. The van der Waals surface area contributed by atoms with Crippen molar-refractivity contribution in [1.29, 1.82) is 0 Å². The molecule has 138 valence electrons. The van der Waals surface area contributed by atoms with Gasteiger partial charge in [-0.3, -0.25) is 18.8 Å². The average molecular weight is 356 g/mol. The van der Waals surface area contributed by atoms with Crippen LogP contribution in [0.5, 0.6) is 0 Å². The maximum Gasteiger partial charge on any atom is 0.307 e. The molecule has 3 heterocycles. The molecule has 3 aromatic heterocycles. The summed E-state index contributed by atoms with van der Waals surface area (Å²) < 4.78 is 10.5. The molecule has 0 bridgehead atoms. The summed E-state index contributed by atoms with van der Waals surface area (Å²) in [4.78, 5) is 11.8. The molecule has 0 fully saturated rings. The lowest BCUT2D eigenvalue weighted by Gasteiger charge is -2.07. The standard InChI is InChI=1S/C18H24N6O2/c1-6-26-18(25)7-8-24-17(15-11-20-23(5)13(15)3)9-16(21-24)14-10-19-22(4)12(14)2/h9-11H,6-8H2,1-5H3. The number of esters is 1. The molecular formula is C18H24N6O2. The highest BCUT2D eigenvalue weighted by Crippen LogP contribution is 2.29. The Labute approximate surface area is 152 Å². The highest BCUT2D eigenvalue weighted by molar-refractivity contribution is 5.71. The van der Waals surface area contributed by atoms with Crippen LogP contribution in [0, 0.1) is 13.8 Å². The zero-order chi connectivity index (χ0) is 18.8. The van der Waals surface area contributed by atoms with Crippen LogP contribution < -0.4 is 0 Å². The Bertz CT molecular complexity index is 934. The van der Waals surface area contributed by atoms with Gasteiger partial charge in [-0.2, -0.15) is 15.3 Å². The van der Waals surface area contributed by atoms with Crippen LogP contribution in [0.2, 0.25) is 0 Å². The first-order valence-electron chi connectivity index (χ1n) is 8.63. The molecule has 0 saturated heterocycles. The van der Waals surface area contributed by atoms with E-state index < -0.39 is 0 Å². The normalized spacial score (nSPS) is 11.1. The van der Waals surface area contributed by atoms with E-state index in [1.165, 1.54) is 0 Å². The van der Waals surface area contributed by atoms with Crippen LogP contribution in [0.4, 0.5) is 0 Å². The van der Waals surface area contributed by atoms with Gasteiger partial charge in [-0.05, 0) is 26.8 Å². The molecule has 0 unspecified atom stereocenters. The van der Waals surface area contributed by atoms with E-state index in [0.717, 1.165) is 33.9 Å². The lowest BCUT2D eigenvalue weighted by atomic mass is 10.1. The predicted octanol–water partition coefficient (Wildman–Crippen LogP) is 2.25. The monoisotopic (exact) mass is 356 g/mol. The number of aromatic nitrogens is 6. The number of nitrogens with zero attached hydrogens (tertiary/aromatic N) is 6. The molecule has 8 heteroatoms. The molecule has 0 aliphatic rings. The van der Waals surface area contributed by atoms with Crippen LogP contribution in [0.25, 0.3) is 22.5 Å². The summed E-state index contributed by atoms with van der Waals surface area (Å²) in [6, 6.07) is 2.03. The third-order valence-electron chi connectivity index (χ3n) is 4.64. The Morgan fingerprint density at radius 1 is 1.08 bits per heavy atom. The van der Waals surface area contributed by atoms with Gasteiger partial charge < -0.3 is 4.74 Å². The Morgan fingerprint density at radius 3 is 2.23 bits per heavy atom. The molecule has 0 aromatic carbocycles. The SMILES string of the molecule is CCOC(=O)CCn1nc(-c2cnn(C)c2C)cc1-c1cnn(C)c1C. The average Bonchev–Trinajstić information content (AvgIpc) is 3.26. The largest absolute Gasteiger partial charge is 0.466 e. The molecule has 0 radical (unpaired) electrons. The summed E-state index contributed by atoms with van der Waals surface area (Å²) in [5.74, 6) is -0.226. The summed E-state index contributed by atoms with van der Waals surface area (Å²) in [6.07, 6.45) is 3.91. The highest BCUT2D eigenvalue weighted by atomic mass is 16.5. The Hall–Kier alpha value is -2.90. The van der Waals surface area contributed by atoms with Gasteiger partial charge in [-0.25, -0.2) is 0 Å². The van der Waals surface area contributed by atoms with Crippen LogP contribution in [-0.2, 0) is 30.2 Å². The second-order valence-corrected chi connectivity index (χ2v) is 6.23. The molecule has 0 N–H and O–H groups in total. The van der Waals surface area contributed by atoms with Gasteiger partial charge >= 0.3 is 5.97 Å². The van der Waals surface area contributed by atoms with E-state index in [2.05, 4.69) is 10.2 Å². The van der Waals surface area contributed by atoms with Gasteiger partial charge in [0.2, 0.25) is 0 Å². The Balaban J connectivity index is 2.01. The fourth-order valence-electron chi connectivity index (χ4n) is 2.87. The Morgan fingerprint density at radius 2 is 1.69 bits per heavy atom. The zero-order valence-electron chi connectivity index (χ0n) is 15.9. The number of ether oxygens (including phenoxy) is 1. The second-order valence-electron chi connectivity index (χ2n) is 6.23. The third-order valence-corrected chi connectivity index (χ3v) is 4.64. The maximum absolute atomic E-state index is 11.8. The van der Waals surface area contributed by atoms with Gasteiger partial charge in [0.25, 0.3) is 0 Å². The summed E-state index contributed by atoms with van der Waals surface area (Å²) in [5.41, 5.74) is 5.81. The summed E-state index contributed by atoms with van der Waals surface area (Å²) in [5, 5.41) is 13.4. The minimum absolute atomic E-state index is 0.226. The minimum atomic E-state index is -0.226. The molecule has 0 atom stereocenters. The van der Waals surface area contributed by atoms with Crippen molar-refractivity contribution in [3.8, 4) is 22.5 Å². The molecule has 8 nitrogen and oxygen atoms in total. The van der Waals surface area contributed by atoms with Crippen LogP contribution in [0.15, 0.2) is 18.5 Å². The van der Waals surface area contributed by atoms with E-state index in [0.29, 0.717) is 13.2 Å². The number of hydrogen-bond acceptors (Lipinski definition) is 5. The number of rotatable bonds is 6. The van der Waals surface area contributed by atoms with Gasteiger partial charge in [0.05, 0.1) is 43.4 Å². The van der Waals surface area contributed by atoms with E-state index in [1.54, 1.807) is 6.92 Å². The minimum Gasteiger partial charge on any atom is -0.466 e. The first-order valence-corrected chi connectivity index (χ1v) is 8.63. The van der Waals surface area contributed by atoms with Crippen molar-refractivity contribution in [3.05, 3.63) is 29.8 Å². The molecule has 0 aliphatic heterocycles. The van der Waals surface area contributed by atoms with Crippen molar-refractivity contribution >= 4 is 5.97 Å². The maximum atomic E-state index is 11.8. The fourth-order valence-corrected chi connectivity index (χ4v) is 2.87. The van der Waals surface area contributed by atoms with Gasteiger partial charge in [-0.15, -0.1) is 0 Å². The predicted molar refractivity (Wildman–Crippen MR) is 97.4 cm³/mol. The Kier molecular flexibility index (Phi) is 4.92. The molecule has 0 spiro atoms. The van der Waals surface area contributed by atoms with E-state index in [4.69, 9.17) is 9.84 Å². The summed E-state index contributed by atoms with van der Waals surface area (Å²) in [6.45, 7) is 6.66. The first-order chi connectivity index (χ1) is 12.4. The number of aryl methyl sites for hydroxylation is 3. The lowest BCUT2D eigenvalue weighted by Crippen LogP contribution is -2.11. The van der Waals surface area contributed by atoms with Crippen molar-refractivity contribution in [2.24, 2.45) is 14.1 Å². The lowest BCUT2D eigenvalue weighted by molar-refractivity contribution is -0.143. The van der Waals surface area contributed by atoms with E-state index in [-0.39, 0.29) is 12.4 Å². The van der Waals surface area contributed by atoms with Gasteiger partial charge in [0, 0.05) is 36.6 Å². The molecule has 0 saturated carbocycles. The number of hydrogen-bond donors (Lipinski definition) is 0. The van der Waals surface area contributed by atoms with Crippen LogP contribution >= 0.6 is 0 Å². The molecule has 0 aliphatic carbocycles. The van der Waals surface area contributed by atoms with E-state index in [9.17, 15) is 4.79 Å². The summed E-state index contributed by atoms with van der Waals surface area (Å²) >= 11 is 0. The van der Waals surface area contributed by atoms with Crippen molar-refractivity contribution in [3.63, 3.8) is 0 Å². The van der Waals surface area contributed by atoms with Crippen LogP contribution in [-0.4, -0.2) is 41.9 Å². The molecule has 3 rings (SSSR count). The smallest absolute Gasteiger partial charge is 0.307 e. The number of carbonyl (C=O) groups excluding carboxylic acids is 1. The second kappa shape index (κ2) is 7.15. The van der Waals surface area contributed by atoms with Crippen LogP contribution in [0.3, 0.4) is 0 Å². The molecule has 3 aromatic rings. The first kappa shape index (κ1) is 17.9. The topological polar surface area (TPSA) is 79.8 Å². The quantitative estimate of drug-likeness (QED) is 0.633. The van der Waals surface area contributed by atoms with Crippen molar-refractivity contribution in [2.45, 2.75) is 33.7 Å². The third kappa shape index (κ3) is 3.26. The molecule has 0 amide bonds. The summed E-state index contributed by atoms with van der Waals surface area (Å²) in [7, 11) is 3.81. The van der Waals surface area contributed by atoms with Gasteiger partial charge in [0.15, 0.2) is 0 Å². The van der Waals surface area contributed by atoms with E-state index >= 15 is 0 Å². The van der Waals surface area contributed by atoms with Crippen molar-refractivity contribution in [1.82, 2.24) is 29.3 Å². The number of carbonyl (C=O) groups is 1. The highest BCUT2D eigenvalue weighted by Gasteiger charge is 2.18. The van der Waals surface area contributed by atoms with Gasteiger partial charge in [-0.1, -0.05) is 0 Å².